The largest absolute Gasteiger partial charge is 0.466 e. The summed E-state index contributed by atoms with van der Waals surface area (Å²) in [6.07, 6.45) is 4.46. The number of aliphatic imine (C=N–C) groups is 1. The second-order valence-electron chi connectivity index (χ2n) is 6.77. The predicted octanol–water partition coefficient (Wildman–Crippen LogP) is 2.70. The maximum Gasteiger partial charge on any atom is 0.310 e. The highest BCUT2D eigenvalue weighted by molar-refractivity contribution is 5.84. The number of aromatic amines is 1. The molecule has 2 N–H and O–H groups in total. The number of carbonyl (C=O) groups is 1. The number of piperidine rings is 1. The Morgan fingerprint density at radius 1 is 1.48 bits per heavy atom. The van der Waals surface area contributed by atoms with Gasteiger partial charge < -0.3 is 19.9 Å². The number of hydrogen-bond acceptors (Lipinski definition) is 3. The molecule has 1 saturated heterocycles. The van der Waals surface area contributed by atoms with E-state index in [2.05, 4.69) is 20.2 Å². The number of H-pyrrole nitrogens is 1. The quantitative estimate of drug-likeness (QED) is 0.480. The third-order valence-electron chi connectivity index (χ3n) is 4.96. The average molecular weight is 374 g/mol. The minimum Gasteiger partial charge on any atom is -0.466 e. The minimum atomic E-state index is -0.231. The van der Waals surface area contributed by atoms with E-state index in [4.69, 9.17) is 4.74 Å². The molecule has 6 nitrogen and oxygen atoms in total. The molecule has 0 bridgehead atoms. The number of guanidine groups is 1. The molecule has 2 heterocycles. The highest BCUT2D eigenvalue weighted by Gasteiger charge is 2.28. The van der Waals surface area contributed by atoms with Gasteiger partial charge in [0.2, 0.25) is 0 Å². The van der Waals surface area contributed by atoms with Gasteiger partial charge in [-0.2, -0.15) is 0 Å². The fraction of sp³-hybridized carbons (Fsp3) is 0.500. The second kappa shape index (κ2) is 8.88. The van der Waals surface area contributed by atoms with Gasteiger partial charge in [0, 0.05) is 43.8 Å². The smallest absolute Gasteiger partial charge is 0.310 e. The zero-order valence-electron chi connectivity index (χ0n) is 15.9. The molecular formula is C20H27FN4O2. The second-order valence-corrected chi connectivity index (χ2v) is 6.77. The normalized spacial score (nSPS) is 18.0. The Morgan fingerprint density at radius 3 is 3.11 bits per heavy atom. The van der Waals surface area contributed by atoms with E-state index in [1.807, 2.05) is 13.1 Å². The summed E-state index contributed by atoms with van der Waals surface area (Å²) in [5.74, 6) is 0.327. The fourth-order valence-corrected chi connectivity index (χ4v) is 3.62. The maximum atomic E-state index is 13.5. The summed E-state index contributed by atoms with van der Waals surface area (Å²) in [4.78, 5) is 21.7. The first-order chi connectivity index (χ1) is 13.1. The minimum absolute atomic E-state index is 0.103. The monoisotopic (exact) mass is 374 g/mol. The van der Waals surface area contributed by atoms with Crippen molar-refractivity contribution in [3.8, 4) is 0 Å². The van der Waals surface area contributed by atoms with Gasteiger partial charge in [-0.05, 0) is 49.9 Å². The van der Waals surface area contributed by atoms with Crippen molar-refractivity contribution >= 4 is 22.8 Å². The molecule has 1 aromatic heterocycles. The van der Waals surface area contributed by atoms with Crippen molar-refractivity contribution in [3.63, 3.8) is 0 Å². The number of rotatable bonds is 5. The Morgan fingerprint density at radius 2 is 2.33 bits per heavy atom. The van der Waals surface area contributed by atoms with Crippen LogP contribution in [0.3, 0.4) is 0 Å². The van der Waals surface area contributed by atoms with Gasteiger partial charge in [0.1, 0.15) is 5.82 Å². The molecule has 1 atom stereocenters. The number of esters is 1. The van der Waals surface area contributed by atoms with Crippen molar-refractivity contribution < 1.29 is 13.9 Å². The van der Waals surface area contributed by atoms with Crippen LogP contribution in [0.5, 0.6) is 0 Å². The van der Waals surface area contributed by atoms with E-state index >= 15 is 0 Å². The van der Waals surface area contributed by atoms with Crippen molar-refractivity contribution in [2.75, 3.05) is 33.3 Å². The standard InChI is InChI=1S/C20H27FN4O2/c1-3-27-19(26)15-5-4-10-25(13-15)20(22-2)23-9-8-14-12-24-18-7-6-16(21)11-17(14)18/h6-7,11-12,15,24H,3-5,8-10,13H2,1-2H3,(H,22,23). The number of halogens is 1. The maximum absolute atomic E-state index is 13.5. The lowest BCUT2D eigenvalue weighted by molar-refractivity contribution is -0.149. The average Bonchev–Trinajstić information content (AvgIpc) is 3.07. The van der Waals surface area contributed by atoms with Crippen LogP contribution in [0.15, 0.2) is 29.4 Å². The van der Waals surface area contributed by atoms with Crippen molar-refractivity contribution in [1.29, 1.82) is 0 Å². The molecule has 1 aliphatic rings. The van der Waals surface area contributed by atoms with Crippen LogP contribution in [0.1, 0.15) is 25.3 Å². The molecule has 1 aromatic carbocycles. The summed E-state index contributed by atoms with van der Waals surface area (Å²) in [5, 5.41) is 4.27. The van der Waals surface area contributed by atoms with Crippen molar-refractivity contribution in [2.24, 2.45) is 10.9 Å². The third kappa shape index (κ3) is 4.59. The van der Waals surface area contributed by atoms with Gasteiger partial charge in [-0.25, -0.2) is 4.39 Å². The first-order valence-electron chi connectivity index (χ1n) is 9.50. The molecule has 0 amide bonds. The van der Waals surface area contributed by atoms with Crippen molar-refractivity contribution in [2.45, 2.75) is 26.2 Å². The molecule has 0 radical (unpaired) electrons. The van der Waals surface area contributed by atoms with E-state index in [1.165, 1.54) is 6.07 Å². The summed E-state index contributed by atoms with van der Waals surface area (Å²) in [7, 11) is 1.75. The number of benzene rings is 1. The topological polar surface area (TPSA) is 69.7 Å². The molecule has 27 heavy (non-hydrogen) atoms. The summed E-state index contributed by atoms with van der Waals surface area (Å²) >= 11 is 0. The molecule has 7 heteroatoms. The lowest BCUT2D eigenvalue weighted by Gasteiger charge is -2.33. The van der Waals surface area contributed by atoms with Crippen molar-refractivity contribution in [3.05, 3.63) is 35.8 Å². The lowest BCUT2D eigenvalue weighted by Crippen LogP contribution is -2.48. The van der Waals surface area contributed by atoms with Crippen LogP contribution < -0.4 is 5.32 Å². The van der Waals surface area contributed by atoms with E-state index in [-0.39, 0.29) is 17.7 Å². The number of nitrogens with one attached hydrogen (secondary N) is 2. The molecule has 146 valence electrons. The third-order valence-corrected chi connectivity index (χ3v) is 4.96. The van der Waals surface area contributed by atoms with Crippen LogP contribution in [-0.4, -0.2) is 55.1 Å². The van der Waals surface area contributed by atoms with Crippen LogP contribution >= 0.6 is 0 Å². The van der Waals surface area contributed by atoms with Gasteiger partial charge in [-0.3, -0.25) is 9.79 Å². The summed E-state index contributed by atoms with van der Waals surface area (Å²) in [6, 6.07) is 4.77. The van der Waals surface area contributed by atoms with Gasteiger partial charge in [0.15, 0.2) is 5.96 Å². The Kier molecular flexibility index (Phi) is 6.32. The number of ether oxygens (including phenoxy) is 1. The van der Waals surface area contributed by atoms with Gasteiger partial charge in [0.25, 0.3) is 0 Å². The Bertz CT molecular complexity index is 817. The van der Waals surface area contributed by atoms with Crippen LogP contribution in [0.25, 0.3) is 10.9 Å². The lowest BCUT2D eigenvalue weighted by atomic mass is 9.98. The number of likely N-dealkylation sites (tertiary alicyclic amines) is 1. The van der Waals surface area contributed by atoms with E-state index in [0.717, 1.165) is 48.2 Å². The zero-order chi connectivity index (χ0) is 19.2. The van der Waals surface area contributed by atoms with Crippen LogP contribution in [0.2, 0.25) is 0 Å². The molecule has 1 aliphatic heterocycles. The van der Waals surface area contributed by atoms with Crippen LogP contribution in [0.4, 0.5) is 4.39 Å². The molecule has 0 aliphatic carbocycles. The predicted molar refractivity (Wildman–Crippen MR) is 104 cm³/mol. The first kappa shape index (κ1) is 19.2. The summed E-state index contributed by atoms with van der Waals surface area (Å²) in [5.41, 5.74) is 2.00. The number of hydrogen-bond donors (Lipinski definition) is 2. The van der Waals surface area contributed by atoms with Crippen molar-refractivity contribution in [1.82, 2.24) is 15.2 Å². The highest BCUT2D eigenvalue weighted by atomic mass is 19.1. The van der Waals surface area contributed by atoms with Gasteiger partial charge in [0.05, 0.1) is 12.5 Å². The Balaban J connectivity index is 1.57. The molecule has 1 fully saturated rings. The van der Waals surface area contributed by atoms with E-state index in [9.17, 15) is 9.18 Å². The molecule has 1 unspecified atom stereocenters. The molecule has 2 aromatic rings. The summed E-state index contributed by atoms with van der Waals surface area (Å²) in [6.45, 7) is 4.41. The van der Waals surface area contributed by atoms with Crippen LogP contribution in [-0.2, 0) is 16.0 Å². The number of carbonyl (C=O) groups excluding carboxylic acids is 1. The SMILES string of the molecule is CCOC(=O)C1CCCN(C(=NC)NCCc2c[nH]c3ccc(F)cc23)C1. The van der Waals surface area contributed by atoms with Gasteiger partial charge in [-0.1, -0.05) is 0 Å². The fourth-order valence-electron chi connectivity index (χ4n) is 3.62. The molecular weight excluding hydrogens is 347 g/mol. The Labute approximate surface area is 158 Å². The van der Waals surface area contributed by atoms with Crippen LogP contribution in [0, 0.1) is 11.7 Å². The zero-order valence-corrected chi connectivity index (χ0v) is 15.9. The first-order valence-corrected chi connectivity index (χ1v) is 9.50. The van der Waals surface area contributed by atoms with Gasteiger partial charge in [-0.15, -0.1) is 0 Å². The number of fused-ring (bicyclic) bond motifs is 1. The number of aromatic nitrogens is 1. The number of nitrogens with zero attached hydrogens (tertiary/aromatic N) is 2. The van der Waals surface area contributed by atoms with Gasteiger partial charge >= 0.3 is 5.97 Å². The van der Waals surface area contributed by atoms with E-state index in [1.54, 1.807) is 19.2 Å². The molecule has 0 saturated carbocycles. The molecule has 3 rings (SSSR count). The van der Waals surface area contributed by atoms with E-state index in [0.29, 0.717) is 19.7 Å². The molecule has 0 spiro atoms. The summed E-state index contributed by atoms with van der Waals surface area (Å²) < 4.78 is 18.7. The highest BCUT2D eigenvalue weighted by Crippen LogP contribution is 2.20. The van der Waals surface area contributed by atoms with E-state index < -0.39 is 0 Å². The Hall–Kier alpha value is -2.57.